The van der Waals surface area contributed by atoms with Crippen molar-refractivity contribution >= 4 is 18.0 Å². The van der Waals surface area contributed by atoms with Crippen molar-refractivity contribution in [3.8, 4) is 0 Å². The van der Waals surface area contributed by atoms with Crippen molar-refractivity contribution in [3.05, 3.63) is 0 Å². The minimum absolute atomic E-state index is 0.164. The van der Waals surface area contributed by atoms with Crippen LogP contribution < -0.4 is 10.6 Å². The second kappa shape index (κ2) is 3.11. The molecule has 2 aliphatic rings. The van der Waals surface area contributed by atoms with Crippen LogP contribution in [0.15, 0.2) is 0 Å². The lowest BCUT2D eigenvalue weighted by atomic mass is 10.00. The van der Waals surface area contributed by atoms with Crippen LogP contribution in [0.5, 0.6) is 0 Å². The van der Waals surface area contributed by atoms with Gasteiger partial charge in [0, 0.05) is 6.54 Å². The molecule has 2 heterocycles. The molecule has 82 valence electrons. The molecule has 1 atom stereocenters. The molecule has 0 saturated carbocycles. The average Bonchev–Trinajstić information content (AvgIpc) is 2.72. The summed E-state index contributed by atoms with van der Waals surface area (Å²) in [7, 11) is 1.28. The third-order valence-corrected chi connectivity index (χ3v) is 2.72. The van der Waals surface area contributed by atoms with E-state index in [0.717, 1.165) is 0 Å². The Bertz CT molecular complexity index is 343. The normalized spacial score (nSPS) is 29.3. The van der Waals surface area contributed by atoms with E-state index in [0.29, 0.717) is 13.0 Å². The van der Waals surface area contributed by atoms with Gasteiger partial charge in [0.1, 0.15) is 5.54 Å². The summed E-state index contributed by atoms with van der Waals surface area (Å²) in [6.45, 7) is 0.567. The predicted octanol–water partition coefficient (Wildman–Crippen LogP) is -0.963. The average molecular weight is 213 g/mol. The number of imide groups is 1. The molecule has 15 heavy (non-hydrogen) atoms. The minimum atomic E-state index is -0.953. The number of carbonyl (C=O) groups excluding carboxylic acids is 3. The molecule has 2 aliphatic heterocycles. The summed E-state index contributed by atoms with van der Waals surface area (Å²) in [6, 6.07) is -0.508. The van der Waals surface area contributed by atoms with Gasteiger partial charge < -0.3 is 15.0 Å². The van der Waals surface area contributed by atoms with Crippen LogP contribution in [-0.2, 0) is 9.53 Å². The van der Waals surface area contributed by atoms with Crippen molar-refractivity contribution in [1.82, 2.24) is 15.5 Å². The number of ether oxygens (including phenoxy) is 1. The quantitative estimate of drug-likeness (QED) is 0.507. The highest BCUT2D eigenvalue weighted by Crippen LogP contribution is 2.24. The summed E-state index contributed by atoms with van der Waals surface area (Å²) in [4.78, 5) is 35.1. The highest BCUT2D eigenvalue weighted by atomic mass is 16.5. The summed E-state index contributed by atoms with van der Waals surface area (Å²) in [5.74, 6) is -0.376. The van der Waals surface area contributed by atoms with Gasteiger partial charge in [-0.3, -0.25) is 10.1 Å². The number of amides is 4. The Hall–Kier alpha value is -1.79. The standard InChI is InChI=1S/C8H11N3O4/c1-15-7(14)11-3-2-8(4-11)5(12)9-6(13)10-8/h2-4H2,1H3,(H2,9,10,12,13). The number of urea groups is 1. The Labute approximate surface area is 85.7 Å². The fourth-order valence-corrected chi connectivity index (χ4v) is 1.91. The van der Waals surface area contributed by atoms with Crippen molar-refractivity contribution in [2.45, 2.75) is 12.0 Å². The van der Waals surface area contributed by atoms with Crippen LogP contribution in [-0.4, -0.2) is 48.7 Å². The zero-order valence-electron chi connectivity index (χ0n) is 8.20. The number of hydrogen-bond donors (Lipinski definition) is 2. The first-order valence-corrected chi connectivity index (χ1v) is 4.54. The van der Waals surface area contributed by atoms with Crippen LogP contribution in [0.3, 0.4) is 0 Å². The van der Waals surface area contributed by atoms with Gasteiger partial charge in [-0.1, -0.05) is 0 Å². The first-order valence-electron chi connectivity index (χ1n) is 4.54. The van der Waals surface area contributed by atoms with Gasteiger partial charge >= 0.3 is 12.1 Å². The van der Waals surface area contributed by atoms with E-state index in [-0.39, 0.29) is 12.5 Å². The maximum atomic E-state index is 11.5. The molecule has 2 N–H and O–H groups in total. The topological polar surface area (TPSA) is 87.7 Å². The van der Waals surface area contributed by atoms with Crippen LogP contribution in [0, 0.1) is 0 Å². The molecule has 0 bridgehead atoms. The highest BCUT2D eigenvalue weighted by molar-refractivity contribution is 6.07. The Morgan fingerprint density at radius 1 is 1.53 bits per heavy atom. The van der Waals surface area contributed by atoms with Crippen molar-refractivity contribution < 1.29 is 19.1 Å². The van der Waals surface area contributed by atoms with Gasteiger partial charge in [-0.25, -0.2) is 9.59 Å². The summed E-state index contributed by atoms with van der Waals surface area (Å²) in [5, 5.41) is 4.70. The van der Waals surface area contributed by atoms with E-state index in [1.165, 1.54) is 12.0 Å². The van der Waals surface area contributed by atoms with Crippen molar-refractivity contribution in [1.29, 1.82) is 0 Å². The molecule has 1 spiro atoms. The molecule has 0 aromatic rings. The van der Waals surface area contributed by atoms with Gasteiger partial charge in [-0.05, 0) is 6.42 Å². The van der Waals surface area contributed by atoms with E-state index < -0.39 is 17.7 Å². The Balaban J connectivity index is 2.12. The molecule has 0 aliphatic carbocycles. The number of likely N-dealkylation sites (tertiary alicyclic amines) is 1. The molecule has 0 aromatic heterocycles. The Morgan fingerprint density at radius 3 is 2.80 bits per heavy atom. The lowest BCUT2D eigenvalue weighted by Gasteiger charge is -2.19. The SMILES string of the molecule is COC(=O)N1CCC2(C1)NC(=O)NC2=O. The third-order valence-electron chi connectivity index (χ3n) is 2.72. The number of rotatable bonds is 0. The lowest BCUT2D eigenvalue weighted by Crippen LogP contribution is -2.49. The molecule has 2 saturated heterocycles. The third kappa shape index (κ3) is 1.39. The van der Waals surface area contributed by atoms with Gasteiger partial charge in [0.25, 0.3) is 5.91 Å². The van der Waals surface area contributed by atoms with Crippen LogP contribution in [0.25, 0.3) is 0 Å². The molecule has 2 rings (SSSR count). The minimum Gasteiger partial charge on any atom is -0.453 e. The Morgan fingerprint density at radius 2 is 2.27 bits per heavy atom. The zero-order chi connectivity index (χ0) is 11.1. The highest BCUT2D eigenvalue weighted by Gasteiger charge is 2.51. The second-order valence-electron chi connectivity index (χ2n) is 3.63. The largest absolute Gasteiger partial charge is 0.453 e. The fraction of sp³-hybridized carbons (Fsp3) is 0.625. The molecule has 7 nitrogen and oxygen atoms in total. The number of hydrogen-bond acceptors (Lipinski definition) is 4. The monoisotopic (exact) mass is 213 g/mol. The first-order chi connectivity index (χ1) is 7.07. The van der Waals surface area contributed by atoms with E-state index >= 15 is 0 Å². The van der Waals surface area contributed by atoms with Crippen LogP contribution in [0.4, 0.5) is 9.59 Å². The molecule has 0 radical (unpaired) electrons. The summed E-state index contributed by atoms with van der Waals surface area (Å²) in [5.41, 5.74) is -0.953. The van der Waals surface area contributed by atoms with E-state index in [1.54, 1.807) is 0 Å². The van der Waals surface area contributed by atoms with Gasteiger partial charge in [-0.2, -0.15) is 0 Å². The van der Waals surface area contributed by atoms with Crippen molar-refractivity contribution in [2.75, 3.05) is 20.2 Å². The Kier molecular flexibility index (Phi) is 2.02. The lowest BCUT2D eigenvalue weighted by molar-refractivity contribution is -0.123. The van der Waals surface area contributed by atoms with Gasteiger partial charge in [-0.15, -0.1) is 0 Å². The predicted molar refractivity (Wildman–Crippen MR) is 48.0 cm³/mol. The molecule has 7 heteroatoms. The van der Waals surface area contributed by atoms with Crippen LogP contribution >= 0.6 is 0 Å². The number of carbonyl (C=O) groups is 3. The summed E-state index contributed by atoms with van der Waals surface area (Å²) in [6.07, 6.45) is -0.0690. The van der Waals surface area contributed by atoms with Gasteiger partial charge in [0.2, 0.25) is 0 Å². The number of methoxy groups -OCH3 is 1. The second-order valence-corrected chi connectivity index (χ2v) is 3.63. The fourth-order valence-electron chi connectivity index (χ4n) is 1.91. The summed E-state index contributed by atoms with van der Waals surface area (Å²) >= 11 is 0. The smallest absolute Gasteiger partial charge is 0.409 e. The van der Waals surface area contributed by atoms with Crippen LogP contribution in [0.1, 0.15) is 6.42 Å². The zero-order valence-corrected chi connectivity index (χ0v) is 8.20. The van der Waals surface area contributed by atoms with Gasteiger partial charge in [0.15, 0.2) is 0 Å². The maximum absolute atomic E-state index is 11.5. The van der Waals surface area contributed by atoms with E-state index in [2.05, 4.69) is 15.4 Å². The molecular formula is C8H11N3O4. The van der Waals surface area contributed by atoms with Crippen LogP contribution in [0.2, 0.25) is 0 Å². The van der Waals surface area contributed by atoms with E-state index in [1.807, 2.05) is 0 Å². The molecule has 2 fully saturated rings. The summed E-state index contributed by atoms with van der Waals surface area (Å²) < 4.78 is 4.54. The number of nitrogens with one attached hydrogen (secondary N) is 2. The molecule has 4 amide bonds. The maximum Gasteiger partial charge on any atom is 0.409 e. The number of nitrogens with zero attached hydrogens (tertiary/aromatic N) is 1. The first kappa shape index (κ1) is 9.75. The van der Waals surface area contributed by atoms with Gasteiger partial charge in [0.05, 0.1) is 13.7 Å². The van der Waals surface area contributed by atoms with Crippen molar-refractivity contribution in [2.24, 2.45) is 0 Å². The van der Waals surface area contributed by atoms with E-state index in [4.69, 9.17) is 0 Å². The molecule has 1 unspecified atom stereocenters. The molecular weight excluding hydrogens is 202 g/mol. The molecule has 0 aromatic carbocycles. The van der Waals surface area contributed by atoms with E-state index in [9.17, 15) is 14.4 Å². The van der Waals surface area contributed by atoms with Crippen molar-refractivity contribution in [3.63, 3.8) is 0 Å².